The number of nitrogens with one attached hydrogen (secondary N) is 1. The quantitative estimate of drug-likeness (QED) is 0.605. The van der Waals surface area contributed by atoms with Gasteiger partial charge in [-0.1, -0.05) is 42.5 Å². The van der Waals surface area contributed by atoms with Crippen molar-refractivity contribution >= 4 is 46.8 Å². The topological polar surface area (TPSA) is 58.6 Å². The average molecular weight is 459 g/mol. The Labute approximate surface area is 186 Å². The molecule has 2 fully saturated rings. The summed E-state index contributed by atoms with van der Waals surface area (Å²) < 4.78 is 5.04. The number of thioether (sulfide) groups is 1. The van der Waals surface area contributed by atoms with E-state index in [4.69, 9.17) is 27.9 Å². The maximum atomic E-state index is 13.5. The van der Waals surface area contributed by atoms with Crippen molar-refractivity contribution in [2.45, 2.75) is 49.9 Å². The Morgan fingerprint density at radius 3 is 2.69 bits per heavy atom. The van der Waals surface area contributed by atoms with Crippen molar-refractivity contribution in [3.63, 3.8) is 0 Å². The van der Waals surface area contributed by atoms with Crippen molar-refractivity contribution in [2.24, 2.45) is 5.92 Å². The van der Waals surface area contributed by atoms with E-state index in [1.807, 2.05) is 0 Å². The standard InChI is InChI=1S/C21H28Cl2N2O3S/c1-28-11-5-10-24-19(26)18-13-29-21(14-6-3-2-4-7-14)25(18)20(27)16-9-8-15(22)12-17(16)23/h8-9,12,14,18,21H,2-7,10-11,13H2,1H3,(H,24,26). The fourth-order valence-corrected chi connectivity index (χ4v) is 6.25. The number of ether oxygens (including phenoxy) is 1. The van der Waals surface area contributed by atoms with Crippen LogP contribution >= 0.6 is 35.0 Å². The molecule has 1 saturated carbocycles. The van der Waals surface area contributed by atoms with Gasteiger partial charge < -0.3 is 15.0 Å². The monoisotopic (exact) mass is 458 g/mol. The van der Waals surface area contributed by atoms with E-state index in [9.17, 15) is 9.59 Å². The van der Waals surface area contributed by atoms with Crippen LogP contribution in [0.4, 0.5) is 0 Å². The van der Waals surface area contributed by atoms with Crippen molar-refractivity contribution < 1.29 is 14.3 Å². The number of amides is 2. The highest BCUT2D eigenvalue weighted by Crippen LogP contribution is 2.41. The maximum Gasteiger partial charge on any atom is 0.256 e. The zero-order chi connectivity index (χ0) is 20.8. The van der Waals surface area contributed by atoms with Gasteiger partial charge in [-0.05, 0) is 43.4 Å². The van der Waals surface area contributed by atoms with Crippen LogP contribution in [-0.2, 0) is 9.53 Å². The van der Waals surface area contributed by atoms with Crippen molar-refractivity contribution in [2.75, 3.05) is 26.0 Å². The van der Waals surface area contributed by atoms with Gasteiger partial charge in [0.15, 0.2) is 0 Å². The molecule has 1 aliphatic carbocycles. The van der Waals surface area contributed by atoms with Crippen LogP contribution < -0.4 is 5.32 Å². The Kier molecular flexibility index (Phi) is 8.54. The Bertz CT molecular complexity index is 728. The van der Waals surface area contributed by atoms with E-state index >= 15 is 0 Å². The third kappa shape index (κ3) is 5.60. The summed E-state index contributed by atoms with van der Waals surface area (Å²) in [5, 5.41) is 3.77. The van der Waals surface area contributed by atoms with Crippen molar-refractivity contribution in [1.82, 2.24) is 10.2 Å². The zero-order valence-electron chi connectivity index (χ0n) is 16.7. The molecule has 2 unspecified atom stereocenters. The first-order valence-electron chi connectivity index (χ1n) is 10.2. The molecule has 0 bridgehead atoms. The van der Waals surface area contributed by atoms with E-state index in [2.05, 4.69) is 5.32 Å². The molecular weight excluding hydrogens is 431 g/mol. The summed E-state index contributed by atoms with van der Waals surface area (Å²) >= 11 is 14.1. The highest BCUT2D eigenvalue weighted by atomic mass is 35.5. The van der Waals surface area contributed by atoms with Gasteiger partial charge in [0.25, 0.3) is 5.91 Å². The van der Waals surface area contributed by atoms with E-state index in [1.165, 1.54) is 19.3 Å². The van der Waals surface area contributed by atoms with E-state index in [0.29, 0.717) is 40.4 Å². The third-order valence-electron chi connectivity index (χ3n) is 5.61. The normalized spacial score (nSPS) is 22.7. The van der Waals surface area contributed by atoms with E-state index in [0.717, 1.165) is 19.3 Å². The number of halogens is 2. The van der Waals surface area contributed by atoms with Gasteiger partial charge in [-0.2, -0.15) is 0 Å². The Morgan fingerprint density at radius 2 is 2.00 bits per heavy atom. The number of hydrogen-bond donors (Lipinski definition) is 1. The summed E-state index contributed by atoms with van der Waals surface area (Å²) in [6, 6.07) is 4.41. The minimum absolute atomic E-state index is 0.00395. The molecule has 1 N–H and O–H groups in total. The van der Waals surface area contributed by atoms with Crippen molar-refractivity contribution in [3.05, 3.63) is 33.8 Å². The second-order valence-corrected chi connectivity index (χ2v) is 9.61. The van der Waals surface area contributed by atoms with Gasteiger partial charge in [0, 0.05) is 31.0 Å². The molecule has 0 radical (unpaired) electrons. The molecule has 8 heteroatoms. The second-order valence-electron chi connectivity index (χ2n) is 7.61. The van der Waals surface area contributed by atoms with Gasteiger partial charge in [0.05, 0.1) is 16.0 Å². The molecule has 1 aliphatic heterocycles. The number of carbonyl (C=O) groups excluding carboxylic acids is 2. The van der Waals surface area contributed by atoms with Crippen LogP contribution in [0.15, 0.2) is 18.2 Å². The van der Waals surface area contributed by atoms with Gasteiger partial charge >= 0.3 is 0 Å². The molecule has 0 aromatic heterocycles. The van der Waals surface area contributed by atoms with E-state index in [1.54, 1.807) is 42.0 Å². The molecule has 1 aromatic rings. The number of methoxy groups -OCH3 is 1. The van der Waals surface area contributed by atoms with Gasteiger partial charge in [-0.25, -0.2) is 0 Å². The number of benzene rings is 1. The molecule has 2 atom stereocenters. The summed E-state index contributed by atoms with van der Waals surface area (Å²) in [5.41, 5.74) is 0.400. The molecule has 1 heterocycles. The highest BCUT2D eigenvalue weighted by molar-refractivity contribution is 8.00. The molecule has 1 aromatic carbocycles. The van der Waals surface area contributed by atoms with Crippen molar-refractivity contribution in [3.8, 4) is 0 Å². The average Bonchev–Trinajstić information content (AvgIpc) is 3.16. The molecular formula is C21H28Cl2N2O3S. The Balaban J connectivity index is 1.81. The molecule has 3 rings (SSSR count). The molecule has 29 heavy (non-hydrogen) atoms. The minimum atomic E-state index is -0.492. The van der Waals surface area contributed by atoms with Crippen LogP contribution in [0.5, 0.6) is 0 Å². The lowest BCUT2D eigenvalue weighted by Crippen LogP contribution is -2.51. The lowest BCUT2D eigenvalue weighted by molar-refractivity contribution is -0.125. The van der Waals surface area contributed by atoms with Gasteiger partial charge in [0.1, 0.15) is 6.04 Å². The van der Waals surface area contributed by atoms with Crippen LogP contribution in [-0.4, -0.2) is 54.1 Å². The fourth-order valence-electron chi connectivity index (χ4n) is 4.12. The Morgan fingerprint density at radius 1 is 1.24 bits per heavy atom. The predicted octanol–water partition coefficient (Wildman–Crippen LogP) is 4.61. The van der Waals surface area contributed by atoms with Gasteiger partial charge in [-0.3, -0.25) is 9.59 Å². The van der Waals surface area contributed by atoms with Gasteiger partial charge in [0.2, 0.25) is 5.91 Å². The van der Waals surface area contributed by atoms with Crippen LogP contribution in [0.3, 0.4) is 0 Å². The number of nitrogens with zero attached hydrogens (tertiary/aromatic N) is 1. The minimum Gasteiger partial charge on any atom is -0.385 e. The smallest absolute Gasteiger partial charge is 0.256 e. The maximum absolute atomic E-state index is 13.5. The van der Waals surface area contributed by atoms with Crippen LogP contribution in [0, 0.1) is 5.92 Å². The first-order valence-corrected chi connectivity index (χ1v) is 12.0. The predicted molar refractivity (Wildman–Crippen MR) is 119 cm³/mol. The largest absolute Gasteiger partial charge is 0.385 e. The Hall–Kier alpha value is -0.950. The first kappa shape index (κ1) is 22.7. The number of rotatable bonds is 7. The summed E-state index contributed by atoms with van der Waals surface area (Å²) in [6.45, 7) is 1.12. The van der Waals surface area contributed by atoms with Crippen LogP contribution in [0.25, 0.3) is 0 Å². The SMILES string of the molecule is COCCCNC(=O)C1CSC(C2CCCCC2)N1C(=O)c1ccc(Cl)cc1Cl. The van der Waals surface area contributed by atoms with Crippen LogP contribution in [0.2, 0.25) is 10.0 Å². The van der Waals surface area contributed by atoms with Crippen molar-refractivity contribution in [1.29, 1.82) is 0 Å². The number of carbonyl (C=O) groups is 2. The summed E-state index contributed by atoms with van der Waals surface area (Å²) in [6.07, 6.45) is 6.54. The molecule has 2 aliphatic rings. The highest BCUT2D eigenvalue weighted by Gasteiger charge is 2.45. The lowest BCUT2D eigenvalue weighted by Gasteiger charge is -2.35. The number of hydrogen-bond acceptors (Lipinski definition) is 4. The van der Waals surface area contributed by atoms with Gasteiger partial charge in [-0.15, -0.1) is 11.8 Å². The molecule has 5 nitrogen and oxygen atoms in total. The fraction of sp³-hybridized carbons (Fsp3) is 0.619. The van der Waals surface area contributed by atoms with E-state index < -0.39 is 6.04 Å². The summed E-state index contributed by atoms with van der Waals surface area (Å²) in [5.74, 6) is 0.721. The molecule has 0 spiro atoms. The first-order chi connectivity index (χ1) is 14.0. The summed E-state index contributed by atoms with van der Waals surface area (Å²) in [7, 11) is 1.64. The second kappa shape index (κ2) is 10.9. The van der Waals surface area contributed by atoms with E-state index in [-0.39, 0.29) is 17.2 Å². The molecule has 2 amide bonds. The summed E-state index contributed by atoms with van der Waals surface area (Å²) in [4.78, 5) is 28.2. The molecule has 1 saturated heterocycles. The van der Waals surface area contributed by atoms with Crippen LogP contribution in [0.1, 0.15) is 48.9 Å². The zero-order valence-corrected chi connectivity index (χ0v) is 19.0. The molecule has 160 valence electrons. The lowest BCUT2D eigenvalue weighted by atomic mass is 9.88. The third-order valence-corrected chi connectivity index (χ3v) is 7.62.